The number of nitrogens with one attached hydrogen (secondary N) is 1. The molecule has 1 aromatic heterocycles. The summed E-state index contributed by atoms with van der Waals surface area (Å²) in [5.41, 5.74) is 1.14. The Balaban J connectivity index is 1.51. The number of aromatic nitrogens is 2. The van der Waals surface area contributed by atoms with Gasteiger partial charge in [-0.2, -0.15) is 0 Å². The molecule has 0 radical (unpaired) electrons. The second kappa shape index (κ2) is 8.68. The topological polar surface area (TPSA) is 81.2 Å². The first-order chi connectivity index (χ1) is 14.8. The Morgan fingerprint density at radius 3 is 2.26 bits per heavy atom. The monoisotopic (exact) mass is 445 g/mol. The molecule has 162 valence electrons. The summed E-state index contributed by atoms with van der Waals surface area (Å²) >= 11 is 0. The SMILES string of the molecule is Cc1cc(F)c(NS(=O)(=O)c2ccc(-c3cnc(C4CCOCC4)nc3)cc2)cc1F. The van der Waals surface area contributed by atoms with Gasteiger partial charge >= 0.3 is 0 Å². The first kappa shape index (κ1) is 21.3. The van der Waals surface area contributed by atoms with Crippen molar-refractivity contribution in [2.24, 2.45) is 0 Å². The Morgan fingerprint density at radius 2 is 1.61 bits per heavy atom. The molecular weight excluding hydrogens is 424 g/mol. The Kier molecular flexibility index (Phi) is 5.97. The van der Waals surface area contributed by atoms with Gasteiger partial charge in [0.2, 0.25) is 0 Å². The minimum absolute atomic E-state index is 0.0728. The van der Waals surface area contributed by atoms with Crippen molar-refractivity contribution in [3.05, 3.63) is 71.8 Å². The summed E-state index contributed by atoms with van der Waals surface area (Å²) in [5, 5.41) is 0. The van der Waals surface area contributed by atoms with Crippen LogP contribution in [0.25, 0.3) is 11.1 Å². The van der Waals surface area contributed by atoms with Crippen molar-refractivity contribution >= 4 is 15.7 Å². The predicted octanol–water partition coefficient (Wildman–Crippen LogP) is 4.43. The maximum absolute atomic E-state index is 14.0. The van der Waals surface area contributed by atoms with Crippen LogP contribution in [0.4, 0.5) is 14.5 Å². The van der Waals surface area contributed by atoms with Crippen LogP contribution in [-0.4, -0.2) is 31.6 Å². The lowest BCUT2D eigenvalue weighted by Crippen LogP contribution is -2.16. The third-order valence-electron chi connectivity index (χ3n) is 5.25. The van der Waals surface area contributed by atoms with Gasteiger partial charge in [-0.3, -0.25) is 4.72 Å². The minimum Gasteiger partial charge on any atom is -0.381 e. The number of halogens is 2. The van der Waals surface area contributed by atoms with Crippen LogP contribution in [0.15, 0.2) is 53.7 Å². The number of rotatable bonds is 5. The van der Waals surface area contributed by atoms with Crippen molar-refractivity contribution in [3.63, 3.8) is 0 Å². The van der Waals surface area contributed by atoms with E-state index < -0.39 is 27.3 Å². The summed E-state index contributed by atoms with van der Waals surface area (Å²) in [6.07, 6.45) is 5.21. The second-order valence-electron chi connectivity index (χ2n) is 7.43. The third-order valence-corrected chi connectivity index (χ3v) is 6.63. The summed E-state index contributed by atoms with van der Waals surface area (Å²) in [7, 11) is -4.09. The number of ether oxygens (including phenoxy) is 1. The Bertz CT molecular complexity index is 1180. The molecule has 0 atom stereocenters. The van der Waals surface area contributed by atoms with Crippen molar-refractivity contribution in [2.45, 2.75) is 30.6 Å². The normalized spacial score (nSPS) is 15.1. The van der Waals surface area contributed by atoms with Crippen LogP contribution >= 0.6 is 0 Å². The van der Waals surface area contributed by atoms with Gasteiger partial charge in [0.05, 0.1) is 10.6 Å². The van der Waals surface area contributed by atoms with E-state index in [0.717, 1.165) is 41.9 Å². The van der Waals surface area contributed by atoms with Gasteiger partial charge in [-0.25, -0.2) is 27.2 Å². The van der Waals surface area contributed by atoms with Gasteiger partial charge in [-0.1, -0.05) is 12.1 Å². The second-order valence-corrected chi connectivity index (χ2v) is 9.11. The van der Waals surface area contributed by atoms with Gasteiger partial charge in [-0.05, 0) is 49.1 Å². The molecule has 1 N–H and O–H groups in total. The Labute approximate surface area is 179 Å². The number of anilines is 1. The molecule has 2 heterocycles. The van der Waals surface area contributed by atoms with Crippen molar-refractivity contribution in [2.75, 3.05) is 17.9 Å². The quantitative estimate of drug-likeness (QED) is 0.629. The summed E-state index contributed by atoms with van der Waals surface area (Å²) in [5.74, 6) is -0.476. The molecule has 9 heteroatoms. The fraction of sp³-hybridized carbons (Fsp3) is 0.273. The molecule has 3 aromatic rings. The van der Waals surface area contributed by atoms with Crippen LogP contribution in [0.3, 0.4) is 0 Å². The van der Waals surface area contributed by atoms with Crippen LogP contribution in [0, 0.1) is 18.6 Å². The predicted molar refractivity (Wildman–Crippen MR) is 112 cm³/mol. The number of aryl methyl sites for hydroxylation is 1. The van der Waals surface area contributed by atoms with E-state index in [2.05, 4.69) is 14.7 Å². The first-order valence-corrected chi connectivity index (χ1v) is 11.3. The summed E-state index contributed by atoms with van der Waals surface area (Å²) in [4.78, 5) is 8.84. The van der Waals surface area contributed by atoms with E-state index in [1.165, 1.54) is 19.1 Å². The molecule has 0 unspecified atom stereocenters. The van der Waals surface area contributed by atoms with Crippen LogP contribution in [0.1, 0.15) is 30.1 Å². The summed E-state index contributed by atoms with van der Waals surface area (Å²) in [6, 6.07) is 7.80. The number of sulfonamides is 1. The fourth-order valence-corrected chi connectivity index (χ4v) is 4.47. The highest BCUT2D eigenvalue weighted by atomic mass is 32.2. The molecule has 0 bridgehead atoms. The third kappa shape index (κ3) is 4.72. The molecule has 6 nitrogen and oxygen atoms in total. The Morgan fingerprint density at radius 1 is 0.968 bits per heavy atom. The average molecular weight is 445 g/mol. The van der Waals surface area contributed by atoms with Crippen LogP contribution in [-0.2, 0) is 14.8 Å². The van der Waals surface area contributed by atoms with Crippen molar-refractivity contribution in [1.29, 1.82) is 0 Å². The van der Waals surface area contributed by atoms with E-state index in [4.69, 9.17) is 4.74 Å². The summed E-state index contributed by atoms with van der Waals surface area (Å²) < 4.78 is 60.3. The van der Waals surface area contributed by atoms with E-state index in [-0.39, 0.29) is 16.4 Å². The van der Waals surface area contributed by atoms with Gasteiger partial charge < -0.3 is 4.74 Å². The lowest BCUT2D eigenvalue weighted by Gasteiger charge is -2.20. The lowest BCUT2D eigenvalue weighted by atomic mass is 9.99. The van der Waals surface area contributed by atoms with Crippen LogP contribution in [0.5, 0.6) is 0 Å². The first-order valence-electron chi connectivity index (χ1n) is 9.82. The molecule has 0 amide bonds. The number of hydrogen-bond donors (Lipinski definition) is 1. The number of nitrogens with zero attached hydrogens (tertiary/aromatic N) is 2. The molecule has 1 aliphatic rings. The summed E-state index contributed by atoms with van der Waals surface area (Å²) in [6.45, 7) is 2.81. The van der Waals surface area contributed by atoms with Gasteiger partial charge in [-0.15, -0.1) is 0 Å². The molecular formula is C22H21F2N3O3S. The molecule has 4 rings (SSSR count). The van der Waals surface area contributed by atoms with E-state index in [9.17, 15) is 17.2 Å². The highest BCUT2D eigenvalue weighted by Gasteiger charge is 2.20. The standard InChI is InChI=1S/C22H21F2N3O3S/c1-14-10-20(24)21(11-19(14)23)27-31(28,29)18-4-2-15(3-5-18)17-12-25-22(26-13-17)16-6-8-30-9-7-16/h2-5,10-13,16,27H,6-9H2,1H3. The maximum Gasteiger partial charge on any atom is 0.261 e. The van der Waals surface area contributed by atoms with E-state index >= 15 is 0 Å². The van der Waals surface area contributed by atoms with Crippen LogP contribution < -0.4 is 4.72 Å². The zero-order valence-electron chi connectivity index (χ0n) is 16.8. The van der Waals surface area contributed by atoms with E-state index in [1.54, 1.807) is 24.5 Å². The molecule has 0 saturated carbocycles. The van der Waals surface area contributed by atoms with Crippen molar-refractivity contribution < 1.29 is 21.9 Å². The molecule has 1 fully saturated rings. The molecule has 2 aromatic carbocycles. The molecule has 1 saturated heterocycles. The largest absolute Gasteiger partial charge is 0.381 e. The van der Waals surface area contributed by atoms with Gasteiger partial charge in [0.1, 0.15) is 17.5 Å². The number of hydrogen-bond acceptors (Lipinski definition) is 5. The van der Waals surface area contributed by atoms with Gasteiger partial charge in [0.25, 0.3) is 10.0 Å². The lowest BCUT2D eigenvalue weighted by molar-refractivity contribution is 0.0836. The Hall–Kier alpha value is -2.91. The average Bonchev–Trinajstić information content (AvgIpc) is 2.78. The molecule has 0 aliphatic carbocycles. The van der Waals surface area contributed by atoms with Crippen LogP contribution in [0.2, 0.25) is 0 Å². The minimum atomic E-state index is -4.09. The van der Waals surface area contributed by atoms with E-state index in [0.29, 0.717) is 13.2 Å². The zero-order chi connectivity index (χ0) is 22.0. The van der Waals surface area contributed by atoms with E-state index in [1.807, 2.05) is 0 Å². The highest BCUT2D eigenvalue weighted by molar-refractivity contribution is 7.92. The smallest absolute Gasteiger partial charge is 0.261 e. The highest BCUT2D eigenvalue weighted by Crippen LogP contribution is 2.27. The van der Waals surface area contributed by atoms with Crippen molar-refractivity contribution in [1.82, 2.24) is 9.97 Å². The molecule has 31 heavy (non-hydrogen) atoms. The van der Waals surface area contributed by atoms with Gasteiger partial charge in [0.15, 0.2) is 0 Å². The molecule has 0 spiro atoms. The molecule has 1 aliphatic heterocycles. The number of benzene rings is 2. The van der Waals surface area contributed by atoms with Crippen molar-refractivity contribution in [3.8, 4) is 11.1 Å². The maximum atomic E-state index is 14.0. The zero-order valence-corrected chi connectivity index (χ0v) is 17.6. The van der Waals surface area contributed by atoms with Gasteiger partial charge in [0, 0.05) is 43.2 Å². The fourth-order valence-electron chi connectivity index (χ4n) is 3.41.